The summed E-state index contributed by atoms with van der Waals surface area (Å²) in [6.07, 6.45) is 0.795. The van der Waals surface area contributed by atoms with Gasteiger partial charge in [0.1, 0.15) is 0 Å². The average molecular weight is 199 g/mol. The molecule has 0 saturated carbocycles. The topological polar surface area (TPSA) is 26.3 Å². The number of halogens is 1. The largest absolute Gasteiger partial charge is 0.425 e. The summed E-state index contributed by atoms with van der Waals surface area (Å²) in [6.45, 7) is 3.35. The average Bonchev–Trinajstić information content (AvgIpc) is 2.08. The van der Waals surface area contributed by atoms with Crippen molar-refractivity contribution in [3.8, 4) is 5.75 Å². The summed E-state index contributed by atoms with van der Waals surface area (Å²) in [5, 5.41) is 0.481. The van der Waals surface area contributed by atoms with Crippen molar-refractivity contribution in [3.05, 3.63) is 28.8 Å². The zero-order valence-electron chi connectivity index (χ0n) is 7.63. The Morgan fingerprint density at radius 2 is 2.23 bits per heavy atom. The van der Waals surface area contributed by atoms with Crippen molar-refractivity contribution in [2.45, 2.75) is 20.3 Å². The first-order chi connectivity index (χ1) is 6.15. The molecule has 0 aliphatic carbocycles. The number of hydrogen-bond acceptors (Lipinski definition) is 2. The number of para-hydroxylation sites is 1. The van der Waals surface area contributed by atoms with Crippen LogP contribution in [-0.4, -0.2) is 5.97 Å². The predicted molar refractivity (Wildman–Crippen MR) is 52.1 cm³/mol. The van der Waals surface area contributed by atoms with Crippen LogP contribution in [0.1, 0.15) is 19.4 Å². The van der Waals surface area contributed by atoms with Crippen LogP contribution in [-0.2, 0) is 11.2 Å². The van der Waals surface area contributed by atoms with Gasteiger partial charge in [-0.15, -0.1) is 0 Å². The summed E-state index contributed by atoms with van der Waals surface area (Å²) in [7, 11) is 0. The Kier molecular flexibility index (Phi) is 3.32. The molecule has 0 spiro atoms. The summed E-state index contributed by atoms with van der Waals surface area (Å²) < 4.78 is 5.00. The first-order valence-corrected chi connectivity index (χ1v) is 4.48. The number of rotatable bonds is 2. The Morgan fingerprint density at radius 1 is 1.54 bits per heavy atom. The van der Waals surface area contributed by atoms with Gasteiger partial charge < -0.3 is 4.74 Å². The fourth-order valence-electron chi connectivity index (χ4n) is 1.09. The highest BCUT2D eigenvalue weighted by Crippen LogP contribution is 2.28. The first-order valence-electron chi connectivity index (χ1n) is 4.11. The predicted octanol–water partition coefficient (Wildman–Crippen LogP) is 2.83. The Balaban J connectivity index is 3.07. The fraction of sp³-hybridized carbons (Fsp3) is 0.300. The van der Waals surface area contributed by atoms with Crippen LogP contribution in [0.15, 0.2) is 18.2 Å². The molecule has 0 N–H and O–H groups in total. The van der Waals surface area contributed by atoms with Gasteiger partial charge in [0.15, 0.2) is 5.75 Å². The lowest BCUT2D eigenvalue weighted by molar-refractivity contribution is -0.131. The molecule has 0 aliphatic rings. The molecule has 3 heteroatoms. The lowest BCUT2D eigenvalue weighted by Gasteiger charge is -2.08. The fourth-order valence-corrected chi connectivity index (χ4v) is 1.32. The second-order valence-electron chi connectivity index (χ2n) is 2.68. The van der Waals surface area contributed by atoms with Crippen LogP contribution in [0.3, 0.4) is 0 Å². The molecule has 1 rings (SSSR count). The van der Waals surface area contributed by atoms with E-state index in [2.05, 4.69) is 0 Å². The molecule has 1 aromatic carbocycles. The van der Waals surface area contributed by atoms with E-state index in [1.165, 1.54) is 6.92 Å². The minimum atomic E-state index is -0.345. The summed E-state index contributed by atoms with van der Waals surface area (Å²) in [5.41, 5.74) is 0.947. The van der Waals surface area contributed by atoms with Gasteiger partial charge >= 0.3 is 5.97 Å². The number of benzene rings is 1. The van der Waals surface area contributed by atoms with Gasteiger partial charge in [-0.05, 0) is 18.1 Å². The van der Waals surface area contributed by atoms with Crippen molar-refractivity contribution in [2.75, 3.05) is 0 Å². The molecule has 0 saturated heterocycles. The second kappa shape index (κ2) is 4.28. The van der Waals surface area contributed by atoms with Crippen LogP contribution in [0.25, 0.3) is 0 Å². The highest BCUT2D eigenvalue weighted by Gasteiger charge is 2.08. The molecule has 1 aromatic rings. The van der Waals surface area contributed by atoms with Gasteiger partial charge in [-0.2, -0.15) is 0 Å². The summed E-state index contributed by atoms with van der Waals surface area (Å²) in [5.74, 6) is 0.141. The van der Waals surface area contributed by atoms with E-state index in [1.54, 1.807) is 6.07 Å². The van der Waals surface area contributed by atoms with Crippen LogP contribution in [0.4, 0.5) is 0 Å². The Bertz CT molecular complexity index is 321. The van der Waals surface area contributed by atoms with E-state index in [1.807, 2.05) is 19.1 Å². The summed E-state index contributed by atoms with van der Waals surface area (Å²) in [6, 6.07) is 5.44. The monoisotopic (exact) mass is 198 g/mol. The minimum Gasteiger partial charge on any atom is -0.425 e. The third-order valence-corrected chi connectivity index (χ3v) is 1.97. The van der Waals surface area contributed by atoms with Gasteiger partial charge in [-0.3, -0.25) is 4.79 Å². The highest BCUT2D eigenvalue weighted by molar-refractivity contribution is 6.32. The summed E-state index contributed by atoms with van der Waals surface area (Å²) in [4.78, 5) is 10.8. The van der Waals surface area contributed by atoms with Gasteiger partial charge in [0.05, 0.1) is 5.02 Å². The van der Waals surface area contributed by atoms with Crippen molar-refractivity contribution in [3.63, 3.8) is 0 Å². The second-order valence-corrected chi connectivity index (χ2v) is 3.08. The lowest BCUT2D eigenvalue weighted by Crippen LogP contribution is -2.04. The van der Waals surface area contributed by atoms with Crippen molar-refractivity contribution in [2.24, 2.45) is 0 Å². The molecule has 0 aromatic heterocycles. The van der Waals surface area contributed by atoms with Gasteiger partial charge in [0.2, 0.25) is 0 Å². The van der Waals surface area contributed by atoms with E-state index in [4.69, 9.17) is 16.3 Å². The van der Waals surface area contributed by atoms with Crippen LogP contribution < -0.4 is 4.74 Å². The smallest absolute Gasteiger partial charge is 0.308 e. The molecular formula is C10H11ClO2. The number of hydrogen-bond donors (Lipinski definition) is 0. The van der Waals surface area contributed by atoms with Crippen LogP contribution in [0, 0.1) is 0 Å². The van der Waals surface area contributed by atoms with Crippen molar-refractivity contribution < 1.29 is 9.53 Å². The number of carbonyl (C=O) groups is 1. The molecule has 0 atom stereocenters. The van der Waals surface area contributed by atoms with Crippen molar-refractivity contribution >= 4 is 17.6 Å². The molecule has 0 radical (unpaired) electrons. The maximum atomic E-state index is 10.8. The van der Waals surface area contributed by atoms with Crippen molar-refractivity contribution in [1.82, 2.24) is 0 Å². The van der Waals surface area contributed by atoms with Gasteiger partial charge in [0, 0.05) is 6.92 Å². The zero-order valence-corrected chi connectivity index (χ0v) is 8.39. The van der Waals surface area contributed by atoms with Gasteiger partial charge in [-0.25, -0.2) is 0 Å². The normalized spacial score (nSPS) is 9.77. The van der Waals surface area contributed by atoms with E-state index in [-0.39, 0.29) is 5.97 Å². The Hall–Kier alpha value is -1.02. The van der Waals surface area contributed by atoms with E-state index >= 15 is 0 Å². The number of aryl methyl sites for hydroxylation is 1. The Morgan fingerprint density at radius 3 is 2.77 bits per heavy atom. The highest BCUT2D eigenvalue weighted by atomic mass is 35.5. The molecule has 0 heterocycles. The molecule has 13 heavy (non-hydrogen) atoms. The molecule has 2 nitrogen and oxygen atoms in total. The quantitative estimate of drug-likeness (QED) is 0.540. The van der Waals surface area contributed by atoms with Gasteiger partial charge in [-0.1, -0.05) is 30.7 Å². The maximum absolute atomic E-state index is 10.8. The number of carbonyl (C=O) groups excluding carboxylic acids is 1. The standard InChI is InChI=1S/C10H11ClO2/c1-3-8-5-4-6-9(11)10(8)13-7(2)12/h4-6H,3H2,1-2H3. The SMILES string of the molecule is CCc1cccc(Cl)c1OC(C)=O. The third-order valence-electron chi connectivity index (χ3n) is 1.68. The van der Waals surface area contributed by atoms with Crippen molar-refractivity contribution in [1.29, 1.82) is 0 Å². The molecule has 0 unspecified atom stereocenters. The molecule has 0 bridgehead atoms. The molecule has 0 aliphatic heterocycles. The van der Waals surface area contributed by atoms with Crippen LogP contribution >= 0.6 is 11.6 Å². The first kappa shape index (κ1) is 10.1. The zero-order chi connectivity index (χ0) is 9.84. The molecular weight excluding hydrogens is 188 g/mol. The molecule has 0 amide bonds. The minimum absolute atomic E-state index is 0.345. The van der Waals surface area contributed by atoms with Crippen LogP contribution in [0.5, 0.6) is 5.75 Å². The molecule has 70 valence electrons. The maximum Gasteiger partial charge on any atom is 0.308 e. The summed E-state index contributed by atoms with van der Waals surface area (Å²) >= 11 is 5.88. The van der Waals surface area contributed by atoms with Gasteiger partial charge in [0.25, 0.3) is 0 Å². The number of ether oxygens (including phenoxy) is 1. The van der Waals surface area contributed by atoms with E-state index in [0.717, 1.165) is 12.0 Å². The third kappa shape index (κ3) is 2.46. The van der Waals surface area contributed by atoms with E-state index in [0.29, 0.717) is 10.8 Å². The van der Waals surface area contributed by atoms with E-state index in [9.17, 15) is 4.79 Å². The van der Waals surface area contributed by atoms with E-state index < -0.39 is 0 Å². The molecule has 0 fully saturated rings. The lowest BCUT2D eigenvalue weighted by atomic mass is 10.1. The van der Waals surface area contributed by atoms with Crippen LogP contribution in [0.2, 0.25) is 5.02 Å². The Labute approximate surface area is 82.5 Å². The number of esters is 1.